The predicted octanol–water partition coefficient (Wildman–Crippen LogP) is 4.72. The summed E-state index contributed by atoms with van der Waals surface area (Å²) in [6.45, 7) is 1.74. The first-order chi connectivity index (χ1) is 10.6. The molecule has 0 saturated carbocycles. The highest BCUT2D eigenvalue weighted by atomic mass is 79.9. The van der Waals surface area contributed by atoms with Crippen LogP contribution in [0.1, 0.15) is 11.1 Å². The van der Waals surface area contributed by atoms with Crippen molar-refractivity contribution >= 4 is 15.9 Å². The molecule has 1 heterocycles. The molecule has 3 nitrogen and oxygen atoms in total. The lowest BCUT2D eigenvalue weighted by molar-refractivity contribution is -0.141. The Hall–Kier alpha value is -1.83. The van der Waals surface area contributed by atoms with E-state index in [1.807, 2.05) is 0 Å². The Labute approximate surface area is 137 Å². The van der Waals surface area contributed by atoms with Gasteiger partial charge in [0.1, 0.15) is 18.1 Å². The van der Waals surface area contributed by atoms with Crippen LogP contribution in [0.2, 0.25) is 0 Å². The van der Waals surface area contributed by atoms with Crippen molar-refractivity contribution in [1.82, 2.24) is 4.57 Å². The van der Waals surface area contributed by atoms with Gasteiger partial charge in [0.2, 0.25) is 5.75 Å². The van der Waals surface area contributed by atoms with Crippen LogP contribution in [0, 0.1) is 19.7 Å². The summed E-state index contributed by atoms with van der Waals surface area (Å²) in [6.07, 6.45) is -3.51. The Morgan fingerprint density at radius 3 is 2.26 bits per heavy atom. The second-order valence-corrected chi connectivity index (χ2v) is 5.87. The van der Waals surface area contributed by atoms with Crippen LogP contribution >= 0.6 is 15.9 Å². The normalized spacial score (nSPS) is 11.6. The zero-order valence-corrected chi connectivity index (χ0v) is 13.8. The van der Waals surface area contributed by atoms with Gasteiger partial charge >= 0.3 is 6.18 Å². The van der Waals surface area contributed by atoms with Crippen molar-refractivity contribution in [2.45, 2.75) is 26.6 Å². The standard InChI is InChI=1S/C15H12BrF4NO2/c1-8-5-10(17)6-9(2)12(8)23-13-11(16)3-4-21(14(13)22)7-15(18,19)20/h3-6H,7H2,1-2H3. The fourth-order valence-corrected chi connectivity index (χ4v) is 2.47. The molecular weight excluding hydrogens is 382 g/mol. The van der Waals surface area contributed by atoms with Gasteiger partial charge in [-0.3, -0.25) is 4.79 Å². The fraction of sp³-hybridized carbons (Fsp3) is 0.267. The maximum absolute atomic E-state index is 13.3. The molecule has 124 valence electrons. The number of halogens is 5. The highest BCUT2D eigenvalue weighted by Gasteiger charge is 2.29. The second-order valence-electron chi connectivity index (χ2n) is 5.01. The number of pyridine rings is 1. The maximum Gasteiger partial charge on any atom is 0.406 e. The number of rotatable bonds is 3. The summed E-state index contributed by atoms with van der Waals surface area (Å²) in [6, 6.07) is 3.72. The fourth-order valence-electron chi connectivity index (χ4n) is 2.10. The van der Waals surface area contributed by atoms with E-state index >= 15 is 0 Å². The highest BCUT2D eigenvalue weighted by Crippen LogP contribution is 2.32. The molecule has 0 N–H and O–H groups in total. The molecule has 0 aliphatic heterocycles. The summed E-state index contributed by atoms with van der Waals surface area (Å²) in [7, 11) is 0. The van der Waals surface area contributed by atoms with Gasteiger partial charge in [0.05, 0.1) is 4.47 Å². The zero-order valence-electron chi connectivity index (χ0n) is 12.2. The van der Waals surface area contributed by atoms with Crippen LogP contribution in [0.15, 0.2) is 33.7 Å². The van der Waals surface area contributed by atoms with E-state index in [2.05, 4.69) is 15.9 Å². The first-order valence-electron chi connectivity index (χ1n) is 6.49. The topological polar surface area (TPSA) is 31.2 Å². The van der Waals surface area contributed by atoms with Gasteiger partial charge in [-0.05, 0) is 59.1 Å². The van der Waals surface area contributed by atoms with Gasteiger partial charge in [-0.25, -0.2) is 4.39 Å². The molecule has 0 unspecified atom stereocenters. The minimum Gasteiger partial charge on any atom is -0.450 e. The molecule has 1 aromatic carbocycles. The zero-order chi connectivity index (χ0) is 17.4. The molecule has 0 fully saturated rings. The minimum atomic E-state index is -4.53. The molecule has 0 radical (unpaired) electrons. The Morgan fingerprint density at radius 1 is 1.17 bits per heavy atom. The van der Waals surface area contributed by atoms with Gasteiger partial charge in [-0.2, -0.15) is 13.2 Å². The minimum absolute atomic E-state index is 0.212. The molecule has 0 amide bonds. The maximum atomic E-state index is 13.3. The van der Waals surface area contributed by atoms with E-state index in [4.69, 9.17) is 4.74 Å². The number of nitrogens with zero attached hydrogens (tertiary/aromatic N) is 1. The lowest BCUT2D eigenvalue weighted by Gasteiger charge is -2.15. The van der Waals surface area contributed by atoms with Crippen molar-refractivity contribution in [3.63, 3.8) is 0 Å². The van der Waals surface area contributed by atoms with Crippen molar-refractivity contribution in [2.24, 2.45) is 0 Å². The average Bonchev–Trinajstić information content (AvgIpc) is 2.39. The molecule has 0 bridgehead atoms. The molecule has 1 aromatic heterocycles. The van der Waals surface area contributed by atoms with Gasteiger partial charge in [0.25, 0.3) is 5.56 Å². The molecule has 0 spiro atoms. The Kier molecular flexibility index (Phi) is 4.84. The third-order valence-electron chi connectivity index (χ3n) is 3.05. The monoisotopic (exact) mass is 393 g/mol. The van der Waals surface area contributed by atoms with Gasteiger partial charge in [-0.1, -0.05) is 0 Å². The summed E-state index contributed by atoms with van der Waals surface area (Å²) >= 11 is 3.09. The van der Waals surface area contributed by atoms with E-state index in [9.17, 15) is 22.4 Å². The molecule has 0 aliphatic rings. The highest BCUT2D eigenvalue weighted by molar-refractivity contribution is 9.10. The van der Waals surface area contributed by atoms with Crippen LogP contribution in [0.4, 0.5) is 17.6 Å². The van der Waals surface area contributed by atoms with E-state index < -0.39 is 24.1 Å². The average molecular weight is 394 g/mol. The molecule has 2 aromatic rings. The largest absolute Gasteiger partial charge is 0.450 e. The Morgan fingerprint density at radius 2 is 1.74 bits per heavy atom. The quantitative estimate of drug-likeness (QED) is 0.706. The van der Waals surface area contributed by atoms with Crippen LogP contribution in [-0.4, -0.2) is 10.7 Å². The van der Waals surface area contributed by atoms with E-state index in [0.29, 0.717) is 15.7 Å². The van der Waals surface area contributed by atoms with Gasteiger partial charge in [-0.15, -0.1) is 0 Å². The second kappa shape index (κ2) is 6.35. The lowest BCUT2D eigenvalue weighted by Crippen LogP contribution is -2.28. The third kappa shape index (κ3) is 4.13. The first kappa shape index (κ1) is 17.5. The number of hydrogen-bond acceptors (Lipinski definition) is 2. The van der Waals surface area contributed by atoms with Gasteiger partial charge in [0, 0.05) is 6.20 Å². The van der Waals surface area contributed by atoms with Gasteiger partial charge in [0.15, 0.2) is 0 Å². The summed E-state index contributed by atoms with van der Waals surface area (Å²) in [5, 5.41) is 0. The molecule has 23 heavy (non-hydrogen) atoms. The van der Waals surface area contributed by atoms with Crippen LogP contribution in [-0.2, 0) is 6.54 Å². The number of benzene rings is 1. The number of aryl methyl sites for hydroxylation is 2. The van der Waals surface area contributed by atoms with Crippen LogP contribution in [0.25, 0.3) is 0 Å². The first-order valence-corrected chi connectivity index (χ1v) is 7.28. The SMILES string of the molecule is Cc1cc(F)cc(C)c1Oc1c(Br)ccn(CC(F)(F)F)c1=O. The number of alkyl halides is 3. The molecule has 0 saturated heterocycles. The van der Waals surface area contributed by atoms with E-state index in [1.165, 1.54) is 18.2 Å². The van der Waals surface area contributed by atoms with Crippen molar-refractivity contribution in [2.75, 3.05) is 0 Å². The third-order valence-corrected chi connectivity index (χ3v) is 3.68. The van der Waals surface area contributed by atoms with E-state index in [0.717, 1.165) is 6.20 Å². The van der Waals surface area contributed by atoms with Crippen molar-refractivity contribution < 1.29 is 22.3 Å². The predicted molar refractivity (Wildman–Crippen MR) is 80.4 cm³/mol. The van der Waals surface area contributed by atoms with Crippen LogP contribution in [0.5, 0.6) is 11.5 Å². The van der Waals surface area contributed by atoms with E-state index in [1.54, 1.807) is 13.8 Å². The summed E-state index contributed by atoms with van der Waals surface area (Å²) in [5.74, 6) is -0.516. The van der Waals surface area contributed by atoms with Crippen molar-refractivity contribution in [3.05, 3.63) is 56.2 Å². The number of ether oxygens (including phenoxy) is 1. The van der Waals surface area contributed by atoms with Crippen LogP contribution < -0.4 is 10.3 Å². The summed E-state index contributed by atoms with van der Waals surface area (Å²) in [4.78, 5) is 12.2. The Bertz CT molecular complexity index is 776. The van der Waals surface area contributed by atoms with Crippen LogP contribution in [0.3, 0.4) is 0 Å². The molecule has 0 atom stereocenters. The van der Waals surface area contributed by atoms with Gasteiger partial charge < -0.3 is 9.30 Å². The molecule has 2 rings (SSSR count). The van der Waals surface area contributed by atoms with Crippen molar-refractivity contribution in [3.8, 4) is 11.5 Å². The summed E-state index contributed by atoms with van der Waals surface area (Å²) in [5.41, 5.74) is -0.0696. The smallest absolute Gasteiger partial charge is 0.406 e. The number of hydrogen-bond donors (Lipinski definition) is 0. The molecule has 8 heteroatoms. The Balaban J connectivity index is 2.49. The number of aromatic nitrogens is 1. The molecule has 0 aliphatic carbocycles. The summed E-state index contributed by atoms with van der Waals surface area (Å²) < 4.78 is 57.0. The van der Waals surface area contributed by atoms with E-state index in [-0.39, 0.29) is 16.0 Å². The lowest BCUT2D eigenvalue weighted by atomic mass is 10.1. The van der Waals surface area contributed by atoms with Crippen molar-refractivity contribution in [1.29, 1.82) is 0 Å². The molecular formula is C15H12BrF4NO2.